The van der Waals surface area contributed by atoms with Gasteiger partial charge in [0.25, 0.3) is 0 Å². The highest BCUT2D eigenvalue weighted by molar-refractivity contribution is 6.33. The lowest BCUT2D eigenvalue weighted by Crippen LogP contribution is -2.06. The third kappa shape index (κ3) is 2.65. The Balaban J connectivity index is 2.52. The molecule has 0 saturated carbocycles. The molecule has 0 aliphatic heterocycles. The molecule has 1 N–H and O–H groups in total. The van der Waals surface area contributed by atoms with Crippen LogP contribution in [0.3, 0.4) is 0 Å². The van der Waals surface area contributed by atoms with Crippen molar-refractivity contribution in [3.63, 3.8) is 0 Å². The molecule has 1 nitrogen and oxygen atoms in total. The second-order valence-corrected chi connectivity index (χ2v) is 4.22. The minimum Gasteiger partial charge on any atom is -0.316 e. The second-order valence-electron chi connectivity index (χ2n) is 3.81. The predicted octanol–water partition coefficient (Wildman–Crippen LogP) is 3.87. The molecule has 2 rings (SSSR count). The van der Waals surface area contributed by atoms with E-state index in [0.29, 0.717) is 5.02 Å². The zero-order chi connectivity index (χ0) is 12.3. The van der Waals surface area contributed by atoms with E-state index in [1.165, 1.54) is 12.1 Å². The maximum Gasteiger partial charge on any atom is 0.124 e. The molecule has 0 aliphatic rings. The SMILES string of the molecule is CNCc1ccccc1-c1ccc(F)cc1Cl. The largest absolute Gasteiger partial charge is 0.316 e. The van der Waals surface area contributed by atoms with Crippen LogP contribution in [0.2, 0.25) is 5.02 Å². The minimum atomic E-state index is -0.315. The fourth-order valence-corrected chi connectivity index (χ4v) is 2.10. The monoisotopic (exact) mass is 249 g/mol. The Morgan fingerprint density at radius 1 is 1.12 bits per heavy atom. The molecule has 0 heterocycles. The third-order valence-electron chi connectivity index (χ3n) is 2.61. The van der Waals surface area contributed by atoms with Crippen LogP contribution in [0.4, 0.5) is 4.39 Å². The topological polar surface area (TPSA) is 12.0 Å². The summed E-state index contributed by atoms with van der Waals surface area (Å²) in [6.45, 7) is 0.754. The van der Waals surface area contributed by atoms with E-state index in [0.717, 1.165) is 23.2 Å². The molecule has 88 valence electrons. The van der Waals surface area contributed by atoms with Gasteiger partial charge < -0.3 is 5.32 Å². The summed E-state index contributed by atoms with van der Waals surface area (Å²) in [5.74, 6) is -0.315. The Bertz CT molecular complexity index is 525. The fraction of sp³-hybridized carbons (Fsp3) is 0.143. The van der Waals surface area contributed by atoms with Crippen molar-refractivity contribution in [1.29, 1.82) is 0 Å². The Hall–Kier alpha value is -1.38. The molecule has 0 amide bonds. The highest BCUT2D eigenvalue weighted by atomic mass is 35.5. The molecular weight excluding hydrogens is 237 g/mol. The van der Waals surface area contributed by atoms with Crippen LogP contribution in [-0.2, 0) is 6.54 Å². The van der Waals surface area contributed by atoms with Crippen LogP contribution in [0.25, 0.3) is 11.1 Å². The summed E-state index contributed by atoms with van der Waals surface area (Å²) in [6.07, 6.45) is 0. The first-order chi connectivity index (χ1) is 8.22. The molecule has 0 aromatic heterocycles. The van der Waals surface area contributed by atoms with E-state index in [-0.39, 0.29) is 5.82 Å². The van der Waals surface area contributed by atoms with Crippen LogP contribution in [0, 0.1) is 5.82 Å². The number of hydrogen-bond acceptors (Lipinski definition) is 1. The summed E-state index contributed by atoms with van der Waals surface area (Å²) in [7, 11) is 1.89. The summed E-state index contributed by atoms with van der Waals surface area (Å²) in [4.78, 5) is 0. The Labute approximate surface area is 105 Å². The molecule has 3 heteroatoms. The minimum absolute atomic E-state index is 0.315. The molecule has 0 spiro atoms. The highest BCUT2D eigenvalue weighted by Gasteiger charge is 2.08. The molecule has 2 aromatic carbocycles. The second kappa shape index (κ2) is 5.30. The van der Waals surface area contributed by atoms with Crippen molar-refractivity contribution in [1.82, 2.24) is 5.32 Å². The van der Waals surface area contributed by atoms with E-state index in [9.17, 15) is 4.39 Å². The Morgan fingerprint density at radius 3 is 2.59 bits per heavy atom. The Kier molecular flexibility index (Phi) is 3.77. The third-order valence-corrected chi connectivity index (χ3v) is 2.92. The first kappa shape index (κ1) is 12.1. The van der Waals surface area contributed by atoms with Gasteiger partial charge >= 0.3 is 0 Å². The van der Waals surface area contributed by atoms with Crippen molar-refractivity contribution in [3.8, 4) is 11.1 Å². The first-order valence-corrected chi connectivity index (χ1v) is 5.78. The smallest absolute Gasteiger partial charge is 0.124 e. The van der Waals surface area contributed by atoms with Crippen LogP contribution in [-0.4, -0.2) is 7.05 Å². The number of rotatable bonds is 3. The van der Waals surface area contributed by atoms with E-state index in [1.54, 1.807) is 6.07 Å². The average Bonchev–Trinajstić information content (AvgIpc) is 2.31. The van der Waals surface area contributed by atoms with Crippen molar-refractivity contribution in [2.75, 3.05) is 7.05 Å². The molecule has 0 bridgehead atoms. The molecule has 0 fully saturated rings. The molecule has 2 aromatic rings. The van der Waals surface area contributed by atoms with Crippen LogP contribution in [0.1, 0.15) is 5.56 Å². The molecule has 0 saturated heterocycles. The summed E-state index contributed by atoms with van der Waals surface area (Å²) in [5.41, 5.74) is 3.04. The highest BCUT2D eigenvalue weighted by Crippen LogP contribution is 2.30. The van der Waals surface area contributed by atoms with Gasteiger partial charge in [-0.05, 0) is 36.4 Å². The van der Waals surface area contributed by atoms with E-state index >= 15 is 0 Å². The number of hydrogen-bond donors (Lipinski definition) is 1. The van der Waals surface area contributed by atoms with Gasteiger partial charge in [-0.1, -0.05) is 35.9 Å². The van der Waals surface area contributed by atoms with E-state index in [1.807, 2.05) is 31.3 Å². The quantitative estimate of drug-likeness (QED) is 0.871. The molecule has 0 radical (unpaired) electrons. The molecule has 0 atom stereocenters. The molecule has 17 heavy (non-hydrogen) atoms. The van der Waals surface area contributed by atoms with Crippen LogP contribution < -0.4 is 5.32 Å². The van der Waals surface area contributed by atoms with E-state index in [2.05, 4.69) is 5.32 Å². The number of nitrogens with one attached hydrogen (secondary N) is 1. The van der Waals surface area contributed by atoms with Gasteiger partial charge in [0.1, 0.15) is 5.82 Å². The summed E-state index contributed by atoms with van der Waals surface area (Å²) in [6, 6.07) is 12.4. The van der Waals surface area contributed by atoms with Crippen LogP contribution in [0.5, 0.6) is 0 Å². The fourth-order valence-electron chi connectivity index (χ4n) is 1.84. The first-order valence-electron chi connectivity index (χ1n) is 5.40. The maximum absolute atomic E-state index is 13.0. The lowest BCUT2D eigenvalue weighted by Gasteiger charge is -2.10. The lowest BCUT2D eigenvalue weighted by molar-refractivity contribution is 0.628. The standard InChI is InChI=1S/C14H13ClFN/c1-17-9-10-4-2-3-5-12(10)13-7-6-11(16)8-14(13)15/h2-8,17H,9H2,1H3. The van der Waals surface area contributed by atoms with Gasteiger partial charge in [-0.3, -0.25) is 0 Å². The lowest BCUT2D eigenvalue weighted by atomic mass is 9.99. The van der Waals surface area contributed by atoms with Crippen molar-refractivity contribution in [3.05, 3.63) is 58.9 Å². The zero-order valence-corrected chi connectivity index (χ0v) is 10.3. The normalized spacial score (nSPS) is 10.5. The molecular formula is C14H13ClFN. The number of benzene rings is 2. The van der Waals surface area contributed by atoms with Gasteiger partial charge in [-0.25, -0.2) is 4.39 Å². The summed E-state index contributed by atoms with van der Waals surface area (Å²) >= 11 is 6.08. The number of halogens is 2. The van der Waals surface area contributed by atoms with Gasteiger partial charge in [-0.2, -0.15) is 0 Å². The van der Waals surface area contributed by atoms with Crippen molar-refractivity contribution in [2.45, 2.75) is 6.54 Å². The molecule has 0 aliphatic carbocycles. The van der Waals surface area contributed by atoms with Crippen molar-refractivity contribution in [2.24, 2.45) is 0 Å². The maximum atomic E-state index is 13.0. The zero-order valence-electron chi connectivity index (χ0n) is 9.50. The van der Waals surface area contributed by atoms with Gasteiger partial charge in [0.05, 0.1) is 5.02 Å². The summed E-state index contributed by atoms with van der Waals surface area (Å²) in [5, 5.41) is 3.55. The van der Waals surface area contributed by atoms with Crippen molar-refractivity contribution >= 4 is 11.6 Å². The summed E-state index contributed by atoms with van der Waals surface area (Å²) < 4.78 is 13.0. The molecule has 0 unspecified atom stereocenters. The predicted molar refractivity (Wildman–Crippen MR) is 69.6 cm³/mol. The van der Waals surface area contributed by atoms with Gasteiger partial charge in [-0.15, -0.1) is 0 Å². The van der Waals surface area contributed by atoms with Crippen molar-refractivity contribution < 1.29 is 4.39 Å². The van der Waals surface area contributed by atoms with E-state index in [4.69, 9.17) is 11.6 Å². The van der Waals surface area contributed by atoms with Gasteiger partial charge in [0.2, 0.25) is 0 Å². The van der Waals surface area contributed by atoms with Crippen LogP contribution in [0.15, 0.2) is 42.5 Å². The van der Waals surface area contributed by atoms with E-state index < -0.39 is 0 Å². The van der Waals surface area contributed by atoms with Gasteiger partial charge in [0.15, 0.2) is 0 Å². The van der Waals surface area contributed by atoms with Crippen LogP contribution >= 0.6 is 11.6 Å². The van der Waals surface area contributed by atoms with Gasteiger partial charge in [0, 0.05) is 12.1 Å². The average molecular weight is 250 g/mol. The Morgan fingerprint density at radius 2 is 1.88 bits per heavy atom.